The minimum atomic E-state index is -4.41. The van der Waals surface area contributed by atoms with Crippen molar-refractivity contribution >= 4 is 5.78 Å². The summed E-state index contributed by atoms with van der Waals surface area (Å²) in [6.45, 7) is 4.90. The Morgan fingerprint density at radius 1 is 1.12 bits per heavy atom. The van der Waals surface area contributed by atoms with E-state index >= 15 is 0 Å². The van der Waals surface area contributed by atoms with Crippen molar-refractivity contribution in [3.63, 3.8) is 0 Å². The van der Waals surface area contributed by atoms with Crippen molar-refractivity contribution in [1.82, 2.24) is 0 Å². The van der Waals surface area contributed by atoms with Gasteiger partial charge in [-0.25, -0.2) is 0 Å². The molecule has 0 radical (unpaired) electrons. The van der Waals surface area contributed by atoms with E-state index in [1.54, 1.807) is 13.8 Å². The van der Waals surface area contributed by atoms with Crippen molar-refractivity contribution in [2.45, 2.75) is 32.9 Å². The lowest BCUT2D eigenvalue weighted by molar-refractivity contribution is -0.138. The summed E-state index contributed by atoms with van der Waals surface area (Å²) in [6, 6.07) is 5.24. The maximum absolute atomic E-state index is 12.8. The van der Waals surface area contributed by atoms with Crippen LogP contribution >= 0.6 is 0 Å². The summed E-state index contributed by atoms with van der Waals surface area (Å²) in [7, 11) is 0. The van der Waals surface area contributed by atoms with Gasteiger partial charge in [0.15, 0.2) is 0 Å². The molecule has 17 heavy (non-hydrogen) atoms. The molecule has 0 heterocycles. The maximum Gasteiger partial charge on any atom is 0.416 e. The number of rotatable bonds is 3. The minimum absolute atomic E-state index is 0.0544. The number of Topliss-reactive ketones (excluding diaryl/α,β-unsaturated/α-hetero) is 1. The molecule has 1 atom stereocenters. The number of carbonyl (C=O) groups is 1. The third-order valence-electron chi connectivity index (χ3n) is 2.73. The Kier molecular flexibility index (Phi) is 3.96. The first-order valence-electron chi connectivity index (χ1n) is 5.45. The minimum Gasteiger partial charge on any atom is -0.299 e. The molecular formula is C13H15F3O. The van der Waals surface area contributed by atoms with Crippen LogP contribution in [0.1, 0.15) is 37.8 Å². The first-order valence-corrected chi connectivity index (χ1v) is 5.45. The molecule has 1 nitrogen and oxygen atoms in total. The van der Waals surface area contributed by atoms with E-state index in [9.17, 15) is 18.0 Å². The van der Waals surface area contributed by atoms with Crippen LogP contribution in [-0.4, -0.2) is 5.78 Å². The molecule has 0 aliphatic rings. The van der Waals surface area contributed by atoms with Crippen LogP contribution in [0, 0.1) is 5.92 Å². The fourth-order valence-electron chi connectivity index (χ4n) is 1.79. The molecule has 0 aromatic heterocycles. The van der Waals surface area contributed by atoms with Crippen LogP contribution in [-0.2, 0) is 11.0 Å². The van der Waals surface area contributed by atoms with Gasteiger partial charge in [-0.05, 0) is 11.6 Å². The third-order valence-corrected chi connectivity index (χ3v) is 2.73. The fourth-order valence-corrected chi connectivity index (χ4v) is 1.79. The van der Waals surface area contributed by atoms with Crippen molar-refractivity contribution in [2.24, 2.45) is 5.92 Å². The van der Waals surface area contributed by atoms with Gasteiger partial charge in [-0.15, -0.1) is 0 Å². The molecule has 0 N–H and O–H groups in total. The van der Waals surface area contributed by atoms with Gasteiger partial charge in [0.25, 0.3) is 0 Å². The molecule has 0 saturated heterocycles. The van der Waals surface area contributed by atoms with Gasteiger partial charge in [-0.2, -0.15) is 13.2 Å². The molecule has 0 spiro atoms. The standard InChI is InChI=1S/C13H15F3O/c1-8(2)12(17)9(3)10-6-4-5-7-11(10)13(14,15)16/h4-9H,1-3H3. The topological polar surface area (TPSA) is 17.1 Å². The molecule has 94 valence electrons. The van der Waals surface area contributed by atoms with E-state index in [1.807, 2.05) is 0 Å². The average Bonchev–Trinajstić information content (AvgIpc) is 2.25. The first kappa shape index (κ1) is 13.7. The van der Waals surface area contributed by atoms with Gasteiger partial charge in [-0.1, -0.05) is 39.0 Å². The predicted molar refractivity (Wildman–Crippen MR) is 59.7 cm³/mol. The van der Waals surface area contributed by atoms with Gasteiger partial charge in [0.05, 0.1) is 5.56 Å². The van der Waals surface area contributed by atoms with E-state index in [2.05, 4.69) is 0 Å². The smallest absolute Gasteiger partial charge is 0.299 e. The van der Waals surface area contributed by atoms with Crippen LogP contribution in [0.4, 0.5) is 13.2 Å². The fraction of sp³-hybridized carbons (Fsp3) is 0.462. The molecular weight excluding hydrogens is 229 g/mol. The normalized spacial score (nSPS) is 13.8. The highest BCUT2D eigenvalue weighted by Gasteiger charge is 2.35. The Hall–Kier alpha value is -1.32. The summed E-state index contributed by atoms with van der Waals surface area (Å²) in [5, 5.41) is 0. The lowest BCUT2D eigenvalue weighted by atomic mass is 9.87. The van der Waals surface area contributed by atoms with Gasteiger partial charge >= 0.3 is 6.18 Å². The zero-order chi connectivity index (χ0) is 13.2. The van der Waals surface area contributed by atoms with E-state index in [0.29, 0.717) is 0 Å². The van der Waals surface area contributed by atoms with Crippen LogP contribution in [0.25, 0.3) is 0 Å². The van der Waals surface area contributed by atoms with Crippen molar-refractivity contribution in [2.75, 3.05) is 0 Å². The van der Waals surface area contributed by atoms with E-state index < -0.39 is 17.7 Å². The molecule has 0 aliphatic heterocycles. The molecule has 1 aromatic carbocycles. The van der Waals surface area contributed by atoms with Crippen molar-refractivity contribution in [1.29, 1.82) is 0 Å². The summed E-state index contributed by atoms with van der Waals surface area (Å²) in [6.07, 6.45) is -4.41. The Morgan fingerprint density at radius 2 is 1.65 bits per heavy atom. The summed E-state index contributed by atoms with van der Waals surface area (Å²) in [5.41, 5.74) is -0.666. The number of halogens is 3. The molecule has 1 aromatic rings. The Morgan fingerprint density at radius 3 is 2.12 bits per heavy atom. The molecule has 0 bridgehead atoms. The van der Waals surface area contributed by atoms with Crippen LogP contribution in [0.2, 0.25) is 0 Å². The average molecular weight is 244 g/mol. The van der Waals surface area contributed by atoms with Gasteiger partial charge < -0.3 is 0 Å². The summed E-state index contributed by atoms with van der Waals surface area (Å²) < 4.78 is 38.3. The molecule has 1 unspecified atom stereocenters. The SMILES string of the molecule is CC(C)C(=O)C(C)c1ccccc1C(F)(F)F. The lowest BCUT2D eigenvalue weighted by Crippen LogP contribution is -2.19. The molecule has 1 rings (SSSR count). The van der Waals surface area contributed by atoms with Crippen LogP contribution in [0.15, 0.2) is 24.3 Å². The zero-order valence-electron chi connectivity index (χ0n) is 10.0. The monoisotopic (exact) mass is 244 g/mol. The second kappa shape index (κ2) is 4.90. The number of hydrogen-bond donors (Lipinski definition) is 0. The molecule has 0 fully saturated rings. The van der Waals surface area contributed by atoms with Crippen LogP contribution in [0.5, 0.6) is 0 Å². The molecule has 4 heteroatoms. The number of carbonyl (C=O) groups excluding carboxylic acids is 1. The van der Waals surface area contributed by atoms with Crippen LogP contribution < -0.4 is 0 Å². The molecule has 0 aliphatic carbocycles. The van der Waals surface area contributed by atoms with Gasteiger partial charge in [0.1, 0.15) is 5.78 Å². The van der Waals surface area contributed by atoms with Gasteiger partial charge in [-0.3, -0.25) is 4.79 Å². The zero-order valence-corrected chi connectivity index (χ0v) is 10.0. The third kappa shape index (κ3) is 3.08. The number of ketones is 1. The highest BCUT2D eigenvalue weighted by atomic mass is 19.4. The number of hydrogen-bond acceptors (Lipinski definition) is 1. The summed E-state index contributed by atoms with van der Waals surface area (Å²) in [5.74, 6) is -1.18. The second-order valence-electron chi connectivity index (χ2n) is 4.36. The quantitative estimate of drug-likeness (QED) is 0.784. The Balaban J connectivity index is 3.19. The Labute approximate surface area is 98.6 Å². The number of benzene rings is 1. The lowest BCUT2D eigenvalue weighted by Gasteiger charge is -2.18. The second-order valence-corrected chi connectivity index (χ2v) is 4.36. The summed E-state index contributed by atoms with van der Waals surface area (Å²) in [4.78, 5) is 11.8. The molecule has 0 amide bonds. The van der Waals surface area contributed by atoms with Crippen molar-refractivity contribution in [3.8, 4) is 0 Å². The van der Waals surface area contributed by atoms with Gasteiger partial charge in [0, 0.05) is 11.8 Å². The maximum atomic E-state index is 12.8. The molecule has 0 saturated carbocycles. The first-order chi connectivity index (χ1) is 7.75. The van der Waals surface area contributed by atoms with Crippen molar-refractivity contribution < 1.29 is 18.0 Å². The summed E-state index contributed by atoms with van der Waals surface area (Å²) >= 11 is 0. The van der Waals surface area contributed by atoms with E-state index in [-0.39, 0.29) is 17.3 Å². The Bertz CT molecular complexity index is 407. The van der Waals surface area contributed by atoms with E-state index in [0.717, 1.165) is 6.07 Å². The largest absolute Gasteiger partial charge is 0.416 e. The highest BCUT2D eigenvalue weighted by Crippen LogP contribution is 2.35. The van der Waals surface area contributed by atoms with Crippen LogP contribution in [0.3, 0.4) is 0 Å². The van der Waals surface area contributed by atoms with E-state index in [1.165, 1.54) is 25.1 Å². The van der Waals surface area contributed by atoms with Crippen molar-refractivity contribution in [3.05, 3.63) is 35.4 Å². The van der Waals surface area contributed by atoms with Gasteiger partial charge in [0.2, 0.25) is 0 Å². The number of alkyl halides is 3. The predicted octanol–water partition coefficient (Wildman–Crippen LogP) is 4.03. The highest BCUT2D eigenvalue weighted by molar-refractivity contribution is 5.87. The van der Waals surface area contributed by atoms with E-state index in [4.69, 9.17) is 0 Å².